The largest absolute Gasteiger partial charge is 0.444 e. The molecule has 25 heteroatoms. The van der Waals surface area contributed by atoms with Crippen molar-refractivity contribution in [1.82, 2.24) is 35.1 Å². The maximum absolute atomic E-state index is 15.1. The first kappa shape index (κ1) is 68.8. The van der Waals surface area contributed by atoms with Crippen LogP contribution in [0.5, 0.6) is 0 Å². The number of benzene rings is 4. The number of ether oxygens (including phenoxy) is 4. The Kier molecular flexibility index (Phi) is 21.3. The lowest BCUT2D eigenvalue weighted by Gasteiger charge is -2.47. The molecule has 492 valence electrons. The summed E-state index contributed by atoms with van der Waals surface area (Å²) in [6.45, 7) is 20.9. The van der Waals surface area contributed by atoms with Gasteiger partial charge in [-0.05, 0) is 153 Å². The summed E-state index contributed by atoms with van der Waals surface area (Å²) in [4.78, 5) is 123. The zero-order chi connectivity index (χ0) is 66.6. The number of methoxy groups -OCH3 is 1. The Bertz CT molecular complexity index is 3380. The Hall–Kier alpha value is -8.13. The summed E-state index contributed by atoms with van der Waals surface area (Å²) in [5, 5.41) is 10.5. The van der Waals surface area contributed by atoms with E-state index in [0.29, 0.717) is 62.6 Å². The number of anilines is 3. The lowest BCUT2D eigenvalue weighted by Crippen LogP contribution is -2.64. The molecule has 22 nitrogen and oxygen atoms in total. The van der Waals surface area contributed by atoms with Crippen LogP contribution < -0.4 is 26.2 Å². The van der Waals surface area contributed by atoms with Crippen molar-refractivity contribution in [3.05, 3.63) is 124 Å². The fourth-order valence-electron chi connectivity index (χ4n) is 11.7. The molecular weight excluding hydrogens is 1180 g/mol. The molecule has 2 saturated heterocycles. The van der Waals surface area contributed by atoms with Crippen LogP contribution in [-0.2, 0) is 66.1 Å². The third kappa shape index (κ3) is 16.3. The molecule has 4 aliphatic rings. The van der Waals surface area contributed by atoms with Crippen LogP contribution in [-0.4, -0.2) is 193 Å². The van der Waals surface area contributed by atoms with Crippen LogP contribution in [0.25, 0.3) is 0 Å². The van der Waals surface area contributed by atoms with Gasteiger partial charge >= 0.3 is 12.2 Å². The van der Waals surface area contributed by atoms with E-state index < -0.39 is 106 Å². The van der Waals surface area contributed by atoms with E-state index in [4.69, 9.17) is 18.9 Å². The predicted molar refractivity (Wildman–Crippen MR) is 333 cm³/mol. The number of piperazine rings is 1. The van der Waals surface area contributed by atoms with Crippen LogP contribution in [0.4, 0.5) is 39.8 Å². The number of morpholine rings is 1. The van der Waals surface area contributed by atoms with Crippen molar-refractivity contribution in [2.75, 3.05) is 88.7 Å². The molecule has 4 heterocycles. The molecule has 8 atom stereocenters. The van der Waals surface area contributed by atoms with Crippen molar-refractivity contribution in [1.29, 1.82) is 0 Å². The molecule has 0 bridgehead atoms. The SMILES string of the molecule is COC(C)C(NC(=O)C(C)N(C)C(=O)OC(C)(C)C)C(=O)N1Cc2ccc(NC(=O)CNC(=O)[C@]3(C)CN(C(=O)CN4C[C@@H](C)N(C(=O)OC(C)(C)C)C[C@@H]4CN4CCOC[C@H]4C)c4cc(Cc5ccc(F)cc5)ccc43)cc2[C@H]1C(=O)Nc1c(F)cccc1F. The molecule has 0 aliphatic carbocycles. The average molecular weight is 1270 g/mol. The van der Waals surface area contributed by atoms with Crippen molar-refractivity contribution in [2.24, 2.45) is 0 Å². The molecule has 0 radical (unpaired) electrons. The molecule has 8 rings (SSSR count). The molecule has 4 N–H and O–H groups in total. The van der Waals surface area contributed by atoms with Crippen LogP contribution in [0.15, 0.2) is 78.9 Å². The molecule has 91 heavy (non-hydrogen) atoms. The smallest absolute Gasteiger partial charge is 0.410 e. The van der Waals surface area contributed by atoms with E-state index in [-0.39, 0.29) is 60.7 Å². The number of halogens is 3. The highest BCUT2D eigenvalue weighted by Gasteiger charge is 2.49. The fraction of sp³-hybridized carbons (Fsp3) is 0.515. The van der Waals surface area contributed by atoms with Gasteiger partial charge in [0.1, 0.15) is 52.5 Å². The lowest BCUT2D eigenvalue weighted by molar-refractivity contribution is -0.145. The van der Waals surface area contributed by atoms with E-state index in [1.54, 1.807) is 61.8 Å². The molecule has 8 amide bonds. The lowest BCUT2D eigenvalue weighted by atomic mass is 9.83. The molecule has 0 saturated carbocycles. The quantitative estimate of drug-likeness (QED) is 0.0794. The number of rotatable bonds is 18. The van der Waals surface area contributed by atoms with Crippen LogP contribution in [0, 0.1) is 17.5 Å². The number of nitrogens with zero attached hydrogens (tertiary/aromatic N) is 6. The van der Waals surface area contributed by atoms with Gasteiger partial charge in [0.15, 0.2) is 0 Å². The van der Waals surface area contributed by atoms with E-state index in [1.807, 2.05) is 39.8 Å². The summed E-state index contributed by atoms with van der Waals surface area (Å²) < 4.78 is 66.8. The van der Waals surface area contributed by atoms with Crippen LogP contribution in [0.3, 0.4) is 0 Å². The standard InChI is InChI=1S/C66H85F3N10O12/c1-38-31-76(47(33-75-25-26-89-36-39(75)2)34-77(38)63(87)91-65(8,9)10)35-54(81)79-37-66(11,49-24-19-43(28-52(49)79)27-42-17-21-45(67)22-18-42)61(85)70-30-53(80)71-46-23-20-44-32-78(57(48(44)29-46)59(83)73-56-50(68)15-14-16-51(56)69)60(84)55(41(4)88-13)72-58(82)40(3)74(12)62(86)90-64(5,6)7/h14-24,28-29,38-41,47,55,57H,25-27,30-37H2,1-13H3,(H,70,85)(H,71,80)(H,72,82)(H,73,83)/t38-,39-,40?,41?,47+,55?,57+,66-/m1/s1. The fourth-order valence-corrected chi connectivity index (χ4v) is 11.7. The Balaban J connectivity index is 1.02. The van der Waals surface area contributed by atoms with Crippen molar-refractivity contribution in [3.8, 4) is 0 Å². The summed E-state index contributed by atoms with van der Waals surface area (Å²) in [6.07, 6.45) is -1.90. The van der Waals surface area contributed by atoms with Crippen LogP contribution >= 0.6 is 0 Å². The number of hydrogen-bond acceptors (Lipinski definition) is 14. The zero-order valence-electron chi connectivity index (χ0n) is 54.0. The normalized spacial score (nSPS) is 21.2. The second-order valence-corrected chi connectivity index (χ2v) is 26.2. The van der Waals surface area contributed by atoms with Crippen molar-refractivity contribution < 1.29 is 70.5 Å². The number of fused-ring (bicyclic) bond motifs is 2. The summed E-state index contributed by atoms with van der Waals surface area (Å²) in [5.74, 6) is -6.83. The summed E-state index contributed by atoms with van der Waals surface area (Å²) in [6, 6.07) is 14.2. The van der Waals surface area contributed by atoms with Gasteiger partial charge in [0, 0.05) is 82.9 Å². The summed E-state index contributed by atoms with van der Waals surface area (Å²) in [7, 11) is 2.65. The summed E-state index contributed by atoms with van der Waals surface area (Å²) >= 11 is 0. The predicted octanol–water partition coefficient (Wildman–Crippen LogP) is 6.88. The third-order valence-electron chi connectivity index (χ3n) is 17.0. The van der Waals surface area contributed by atoms with Gasteiger partial charge < -0.3 is 54.9 Å². The molecule has 4 aromatic carbocycles. The Morgan fingerprint density at radius 3 is 2.12 bits per heavy atom. The van der Waals surface area contributed by atoms with Gasteiger partial charge in [-0.3, -0.25) is 43.5 Å². The highest BCUT2D eigenvalue weighted by molar-refractivity contribution is 6.05. The average Bonchev–Trinajstić information content (AvgIpc) is 1.62. The first-order chi connectivity index (χ1) is 42.7. The van der Waals surface area contributed by atoms with Crippen LogP contribution in [0.1, 0.15) is 110 Å². The van der Waals surface area contributed by atoms with E-state index in [1.165, 1.54) is 52.3 Å². The second-order valence-electron chi connectivity index (χ2n) is 26.2. The van der Waals surface area contributed by atoms with Gasteiger partial charge in [0.05, 0.1) is 37.8 Å². The monoisotopic (exact) mass is 1270 g/mol. The van der Waals surface area contributed by atoms with Crippen molar-refractivity contribution >= 4 is 64.7 Å². The number of para-hydroxylation sites is 1. The van der Waals surface area contributed by atoms with Crippen molar-refractivity contribution in [2.45, 2.75) is 148 Å². The highest BCUT2D eigenvalue weighted by Crippen LogP contribution is 2.43. The zero-order valence-corrected chi connectivity index (χ0v) is 54.0. The Morgan fingerprint density at radius 2 is 1.47 bits per heavy atom. The Morgan fingerprint density at radius 1 is 0.802 bits per heavy atom. The maximum atomic E-state index is 15.1. The molecular formula is C66H85F3N10O12. The van der Waals surface area contributed by atoms with E-state index in [0.717, 1.165) is 39.1 Å². The molecule has 4 aromatic rings. The van der Waals surface area contributed by atoms with Gasteiger partial charge in [-0.25, -0.2) is 22.8 Å². The van der Waals surface area contributed by atoms with Gasteiger partial charge in [-0.15, -0.1) is 0 Å². The minimum atomic E-state index is -1.61. The maximum Gasteiger partial charge on any atom is 0.410 e. The van der Waals surface area contributed by atoms with Gasteiger partial charge in [0.2, 0.25) is 29.5 Å². The molecule has 0 spiro atoms. The third-order valence-corrected chi connectivity index (χ3v) is 17.0. The first-order valence-corrected chi connectivity index (χ1v) is 30.5. The Labute approximate surface area is 529 Å². The number of amides is 8. The molecule has 3 unspecified atom stereocenters. The van der Waals surface area contributed by atoms with Gasteiger partial charge in [-0.2, -0.15) is 0 Å². The molecule has 0 aromatic heterocycles. The summed E-state index contributed by atoms with van der Waals surface area (Å²) in [5.41, 5.74) is -0.538. The van der Waals surface area contributed by atoms with E-state index in [9.17, 15) is 38.0 Å². The van der Waals surface area contributed by atoms with Gasteiger partial charge in [0.25, 0.3) is 5.91 Å². The van der Waals surface area contributed by atoms with E-state index in [2.05, 4.69) is 38.0 Å². The molecule has 2 fully saturated rings. The number of carbonyl (C=O) groups is 8. The number of hydrogen-bond donors (Lipinski definition) is 4. The minimum absolute atomic E-state index is 0.0647. The first-order valence-electron chi connectivity index (χ1n) is 30.5. The topological polar surface area (TPSA) is 241 Å². The number of carbonyl (C=O) groups excluding carboxylic acids is 8. The van der Waals surface area contributed by atoms with E-state index >= 15 is 13.6 Å². The van der Waals surface area contributed by atoms with Crippen molar-refractivity contribution in [3.63, 3.8) is 0 Å². The number of nitrogens with one attached hydrogen (secondary N) is 4. The second kappa shape index (κ2) is 28.2. The van der Waals surface area contributed by atoms with Crippen LogP contribution in [0.2, 0.25) is 0 Å². The minimum Gasteiger partial charge on any atom is -0.444 e. The number of likely N-dealkylation sites (N-methyl/N-ethyl adjacent to an activating group) is 1. The van der Waals surface area contributed by atoms with Gasteiger partial charge in [-0.1, -0.05) is 36.4 Å². The molecule has 4 aliphatic heterocycles. The highest BCUT2D eigenvalue weighted by atomic mass is 19.1.